The maximum atomic E-state index is 14.0. The van der Waals surface area contributed by atoms with Crippen LogP contribution in [-0.2, 0) is 27.8 Å². The van der Waals surface area contributed by atoms with Gasteiger partial charge in [-0.25, -0.2) is 29.4 Å². The zero-order valence-electron chi connectivity index (χ0n) is 23.5. The van der Waals surface area contributed by atoms with Crippen LogP contribution in [0.1, 0.15) is 38.6 Å². The Balaban J connectivity index is 1.31. The molecule has 3 aromatic heterocycles. The number of nitrogens with one attached hydrogen (secondary N) is 2. The molecule has 0 aliphatic carbocycles. The summed E-state index contributed by atoms with van der Waals surface area (Å²) in [5.41, 5.74) is 5.36. The van der Waals surface area contributed by atoms with E-state index in [4.69, 9.17) is 29.0 Å². The Labute approximate surface area is 244 Å². The molecule has 18 nitrogen and oxygen atoms in total. The zero-order valence-corrected chi connectivity index (χ0v) is 24.4. The van der Waals surface area contributed by atoms with Crippen LogP contribution in [0.15, 0.2) is 34.5 Å². The fourth-order valence-electron chi connectivity index (χ4n) is 5.05. The first-order valence-corrected chi connectivity index (χ1v) is 15.3. The largest absolute Gasteiger partial charge is 0.405 e. The number of aliphatic hydroxyl groups is 2. The number of ether oxygens (including phenoxy) is 3. The molecule has 0 amide bonds. The van der Waals surface area contributed by atoms with Crippen molar-refractivity contribution in [2.45, 2.75) is 69.2 Å². The summed E-state index contributed by atoms with van der Waals surface area (Å²) in [7, 11) is -2.75. The third kappa shape index (κ3) is 6.57. The molecule has 2 fully saturated rings. The second-order valence-electron chi connectivity index (χ2n) is 10.1. The average Bonchev–Trinajstić information content (AvgIpc) is 3.67. The molecule has 4 unspecified atom stereocenters. The van der Waals surface area contributed by atoms with E-state index >= 15 is 0 Å². The quantitative estimate of drug-likeness (QED) is 0.118. The lowest BCUT2D eigenvalue weighted by Gasteiger charge is -2.26. The second-order valence-corrected chi connectivity index (χ2v) is 11.9. The number of unbranched alkanes of at least 4 members (excludes halogenated alkanes) is 1. The van der Waals surface area contributed by atoms with Crippen molar-refractivity contribution in [3.05, 3.63) is 45.8 Å². The first-order valence-electron chi connectivity index (χ1n) is 13.7. The van der Waals surface area contributed by atoms with Crippen molar-refractivity contribution in [1.29, 1.82) is 0 Å². The van der Waals surface area contributed by atoms with E-state index in [1.807, 2.05) is 6.92 Å². The Kier molecular flexibility index (Phi) is 9.70. The van der Waals surface area contributed by atoms with Gasteiger partial charge >= 0.3 is 13.4 Å². The number of methoxy groups -OCH3 is 1. The summed E-state index contributed by atoms with van der Waals surface area (Å²) in [5.74, 6) is 0.200. The van der Waals surface area contributed by atoms with Crippen LogP contribution >= 0.6 is 7.75 Å². The monoisotopic (exact) mass is 626 g/mol. The Morgan fingerprint density at radius 3 is 2.77 bits per heavy atom. The van der Waals surface area contributed by atoms with E-state index in [-0.39, 0.29) is 12.2 Å². The lowest BCUT2D eigenvalue weighted by atomic mass is 10.1. The zero-order chi connectivity index (χ0) is 30.7. The van der Waals surface area contributed by atoms with Crippen LogP contribution in [0, 0.1) is 0 Å². The van der Waals surface area contributed by atoms with Crippen LogP contribution in [0.25, 0.3) is 11.2 Å². The fraction of sp³-hybridized carbons (Fsp3) is 0.625. The van der Waals surface area contributed by atoms with Gasteiger partial charge < -0.3 is 30.2 Å². The highest BCUT2D eigenvalue weighted by molar-refractivity contribution is 7.51. The molecule has 2 aliphatic heterocycles. The third-order valence-corrected chi connectivity index (χ3v) is 8.93. The molecule has 8 atom stereocenters. The Morgan fingerprint density at radius 1 is 1.23 bits per heavy atom. The molecule has 2 aliphatic rings. The second kappa shape index (κ2) is 13.3. The van der Waals surface area contributed by atoms with Gasteiger partial charge in [0.05, 0.1) is 19.5 Å². The van der Waals surface area contributed by atoms with Crippen molar-refractivity contribution in [3.8, 4) is 0 Å². The van der Waals surface area contributed by atoms with Crippen LogP contribution in [0.2, 0.25) is 0 Å². The molecule has 6 N–H and O–H groups in total. The number of anilines is 1. The topological polar surface area (TPSA) is 240 Å². The number of fused-ring (bicyclic) bond motifs is 1. The van der Waals surface area contributed by atoms with E-state index in [1.165, 1.54) is 26.0 Å². The number of hydrogen-bond donors (Lipinski definition) is 5. The minimum absolute atomic E-state index is 0.162. The van der Waals surface area contributed by atoms with Crippen LogP contribution in [-0.4, -0.2) is 96.7 Å². The van der Waals surface area contributed by atoms with Gasteiger partial charge in [-0.1, -0.05) is 13.3 Å². The molecule has 2 saturated heterocycles. The summed E-state index contributed by atoms with van der Waals surface area (Å²) in [6.45, 7) is 1.41. The number of H-pyrrole nitrogens is 1. The van der Waals surface area contributed by atoms with Crippen LogP contribution < -0.4 is 22.1 Å². The van der Waals surface area contributed by atoms with E-state index in [1.54, 1.807) is 4.57 Å². The molecule has 43 heavy (non-hydrogen) atoms. The van der Waals surface area contributed by atoms with E-state index < -0.39 is 75.2 Å². The van der Waals surface area contributed by atoms with Gasteiger partial charge in [0.25, 0.3) is 5.56 Å². The number of rotatable bonds is 13. The van der Waals surface area contributed by atoms with Crippen molar-refractivity contribution in [2.75, 3.05) is 32.6 Å². The number of hydrogen-bond acceptors (Lipinski definition) is 14. The molecule has 5 heterocycles. The number of nitrogens with zero attached hydrogens (tertiary/aromatic N) is 5. The van der Waals surface area contributed by atoms with E-state index in [0.717, 1.165) is 17.1 Å². The third-order valence-electron chi connectivity index (χ3n) is 7.29. The number of nitrogens with two attached hydrogens (primary N) is 1. The molecule has 0 radical (unpaired) electrons. The van der Waals surface area contributed by atoms with Crippen LogP contribution in [0.5, 0.6) is 0 Å². The van der Waals surface area contributed by atoms with Gasteiger partial charge in [-0.15, -0.1) is 0 Å². The standard InChI is InChI=1S/C24H35N8O10P/c1-3-4-6-29-43(37,39-10-15-19(35)20(38-2)23(41-15)31-7-5-16(34)30-24(31)36)42-13-8-17(40-14(13)9-33)32-12-28-18-21(25)26-11-27-22(18)32/h5,7,11-15,17,19-20,23,33,35H,3-4,6,8-10H2,1-2H3,(H,29,37)(H2,25,26,27)(H,30,34,36)/t13?,14-,15-,17-,19?,20?,23-,43?/m1/s1. The highest BCUT2D eigenvalue weighted by Crippen LogP contribution is 2.49. The van der Waals surface area contributed by atoms with Gasteiger partial charge in [0.2, 0.25) is 0 Å². The normalized spacial score (nSPS) is 28.9. The fourth-order valence-corrected chi connectivity index (χ4v) is 6.63. The van der Waals surface area contributed by atoms with Crippen molar-refractivity contribution in [2.24, 2.45) is 0 Å². The Bertz CT molecular complexity index is 1560. The van der Waals surface area contributed by atoms with Crippen molar-refractivity contribution in [3.63, 3.8) is 0 Å². The Hall–Kier alpha value is -3.06. The first kappa shape index (κ1) is 31.4. The predicted octanol–water partition coefficient (Wildman–Crippen LogP) is -0.589. The average molecular weight is 627 g/mol. The summed E-state index contributed by atoms with van der Waals surface area (Å²) in [6.07, 6.45) is -1.25. The van der Waals surface area contributed by atoms with E-state index in [2.05, 4.69) is 25.0 Å². The van der Waals surface area contributed by atoms with Gasteiger partial charge in [0.1, 0.15) is 48.6 Å². The van der Waals surface area contributed by atoms with E-state index in [9.17, 15) is 24.4 Å². The number of aromatic amines is 1. The maximum Gasteiger partial charge on any atom is 0.405 e. The Morgan fingerprint density at radius 2 is 2.05 bits per heavy atom. The summed E-state index contributed by atoms with van der Waals surface area (Å²) in [5, 5.41) is 23.8. The molecule has 236 valence electrons. The molecule has 0 spiro atoms. The highest BCUT2D eigenvalue weighted by Gasteiger charge is 2.47. The molecular weight excluding hydrogens is 591 g/mol. The smallest absolute Gasteiger partial charge is 0.394 e. The maximum absolute atomic E-state index is 14.0. The predicted molar refractivity (Wildman–Crippen MR) is 149 cm³/mol. The van der Waals surface area contributed by atoms with Gasteiger partial charge in [0, 0.05) is 32.3 Å². The number of aromatic nitrogens is 6. The number of imidazole rings is 1. The van der Waals surface area contributed by atoms with Gasteiger partial charge in [-0.3, -0.25) is 28.0 Å². The molecule has 0 aromatic carbocycles. The lowest BCUT2D eigenvalue weighted by Crippen LogP contribution is -2.39. The van der Waals surface area contributed by atoms with Crippen molar-refractivity contribution in [1.82, 2.24) is 34.2 Å². The van der Waals surface area contributed by atoms with Gasteiger partial charge in [-0.05, 0) is 6.42 Å². The van der Waals surface area contributed by atoms with Gasteiger partial charge in [0.15, 0.2) is 17.7 Å². The van der Waals surface area contributed by atoms with Gasteiger partial charge in [-0.2, -0.15) is 0 Å². The molecule has 3 aromatic rings. The molecular formula is C24H35N8O10P. The molecule has 0 bridgehead atoms. The SMILES string of the molecule is CCCCNP(=O)(OC[C@H]1O[C@@H](n2ccc(=O)[nH]c2=O)C(OC)C1O)OC1C[C@H](n2cnc3c(N)ncnc32)O[C@@H]1CO. The lowest BCUT2D eigenvalue weighted by molar-refractivity contribution is -0.0634. The molecule has 19 heteroatoms. The summed E-state index contributed by atoms with van der Waals surface area (Å²) in [6, 6.07) is 1.14. The van der Waals surface area contributed by atoms with Crippen molar-refractivity contribution >= 4 is 24.7 Å². The molecule has 5 rings (SSSR count). The minimum Gasteiger partial charge on any atom is -0.394 e. The highest BCUT2D eigenvalue weighted by atomic mass is 31.2. The van der Waals surface area contributed by atoms with E-state index in [0.29, 0.717) is 24.1 Å². The van der Waals surface area contributed by atoms with Crippen LogP contribution in [0.3, 0.4) is 0 Å². The summed E-state index contributed by atoms with van der Waals surface area (Å²) < 4.78 is 45.7. The van der Waals surface area contributed by atoms with Crippen molar-refractivity contribution < 1.29 is 38.0 Å². The molecule has 0 saturated carbocycles. The minimum atomic E-state index is -4.08. The number of aliphatic hydroxyl groups excluding tert-OH is 2. The van der Waals surface area contributed by atoms with Crippen LogP contribution in [0.4, 0.5) is 5.82 Å². The number of nitrogen functional groups attached to an aromatic ring is 1. The summed E-state index contributed by atoms with van der Waals surface area (Å²) >= 11 is 0. The summed E-state index contributed by atoms with van der Waals surface area (Å²) in [4.78, 5) is 38.4. The first-order chi connectivity index (χ1) is 20.7.